The zero-order valence-electron chi connectivity index (χ0n) is 20.8. The van der Waals surface area contributed by atoms with Gasteiger partial charge in [0, 0.05) is 24.7 Å². The minimum Gasteiger partial charge on any atom is -0.397 e. The first-order valence-electron chi connectivity index (χ1n) is 12.3. The van der Waals surface area contributed by atoms with Gasteiger partial charge in [-0.05, 0) is 63.3 Å². The second-order valence-corrected chi connectivity index (χ2v) is 8.01. The number of carbonyl (C=O) groups excluding carboxylic acids is 1. The Morgan fingerprint density at radius 3 is 2.30 bits per heavy atom. The molecular weight excluding hydrogens is 408 g/mol. The summed E-state index contributed by atoms with van der Waals surface area (Å²) in [5.41, 5.74) is 9.54. The first-order chi connectivity index (χ1) is 16.1. The number of piperidine rings is 1. The summed E-state index contributed by atoms with van der Waals surface area (Å²) >= 11 is 0. The van der Waals surface area contributed by atoms with Gasteiger partial charge in [-0.15, -0.1) is 12.8 Å². The van der Waals surface area contributed by atoms with Crippen LogP contribution in [-0.2, 0) is 0 Å². The van der Waals surface area contributed by atoms with Gasteiger partial charge in [0.2, 0.25) is 0 Å². The van der Waals surface area contributed by atoms with Crippen LogP contribution in [0.1, 0.15) is 94.2 Å². The maximum Gasteiger partial charge on any atom is 0.276 e. The van der Waals surface area contributed by atoms with Gasteiger partial charge in [-0.25, -0.2) is 4.98 Å². The molecule has 0 atom stereocenters. The lowest BCUT2D eigenvalue weighted by Gasteiger charge is -2.31. The van der Waals surface area contributed by atoms with Crippen LogP contribution in [0.25, 0.3) is 0 Å². The number of likely N-dealkylation sites (tertiary alicyclic amines) is 1. The number of hydrogen-bond acceptors (Lipinski definition) is 4. The van der Waals surface area contributed by atoms with Gasteiger partial charge in [0.1, 0.15) is 0 Å². The second kappa shape index (κ2) is 15.7. The van der Waals surface area contributed by atoms with Crippen molar-refractivity contribution in [2.75, 3.05) is 18.8 Å². The molecule has 5 nitrogen and oxygen atoms in total. The summed E-state index contributed by atoms with van der Waals surface area (Å²) in [5.74, 6) is 0.159. The van der Waals surface area contributed by atoms with E-state index in [1.807, 2.05) is 45.1 Å². The van der Waals surface area contributed by atoms with Crippen LogP contribution in [0.2, 0.25) is 0 Å². The number of pyridine rings is 1. The molecule has 1 saturated carbocycles. The topological polar surface area (TPSA) is 71.2 Å². The summed E-state index contributed by atoms with van der Waals surface area (Å²) in [6, 6.07) is 3.80. The number of nitrogens with two attached hydrogens (primary N) is 1. The third-order valence-electron chi connectivity index (χ3n) is 5.94. The summed E-state index contributed by atoms with van der Waals surface area (Å²) in [5, 5.41) is 3.02. The molecule has 1 aromatic rings. The van der Waals surface area contributed by atoms with Crippen LogP contribution in [0.3, 0.4) is 0 Å². The quantitative estimate of drug-likeness (QED) is 0.401. The highest BCUT2D eigenvalue weighted by atomic mass is 16.1. The van der Waals surface area contributed by atoms with Crippen LogP contribution >= 0.6 is 0 Å². The molecular formula is C28H42N4O. The number of nitrogens with zero attached hydrogens (tertiary/aromatic N) is 2. The SMILES string of the molecule is C#C.C=C/C(NC(=O)c1nc(C2CCCCC2)ccc1N)=C(\C=C/C)N1CCCCC1.CC. The van der Waals surface area contributed by atoms with E-state index in [4.69, 9.17) is 5.73 Å². The average molecular weight is 451 g/mol. The number of hydrogen-bond donors (Lipinski definition) is 2. The predicted octanol–water partition coefficient (Wildman–Crippen LogP) is 6.18. The molecule has 1 aromatic heterocycles. The highest BCUT2D eigenvalue weighted by Gasteiger charge is 2.21. The minimum atomic E-state index is -0.269. The standard InChI is InChI=1S/C24H34N4O.C2H6.C2H2/c1-3-11-22(28-16-9-6-10-17-28)20(4-2)27-24(29)23-19(25)14-15-21(26-23)18-12-7-5-8-13-18;2*1-2/h3-4,11,14-15,18H,2,5-10,12-13,16-17,25H2,1H3,(H,27,29);1-2H3;1-2H/b11-3-,22-20-;;. The van der Waals surface area contributed by atoms with Crippen LogP contribution in [0.15, 0.2) is 48.3 Å². The molecule has 3 rings (SSSR count). The number of aromatic nitrogens is 1. The smallest absolute Gasteiger partial charge is 0.276 e. The van der Waals surface area contributed by atoms with Gasteiger partial charge in [-0.1, -0.05) is 45.8 Å². The summed E-state index contributed by atoms with van der Waals surface area (Å²) in [4.78, 5) is 20.1. The minimum absolute atomic E-state index is 0.269. The van der Waals surface area contributed by atoms with Crippen molar-refractivity contribution in [2.45, 2.75) is 78.1 Å². The highest BCUT2D eigenvalue weighted by Crippen LogP contribution is 2.32. The maximum atomic E-state index is 13.1. The Labute approximate surface area is 201 Å². The number of nitrogens with one attached hydrogen (secondary N) is 1. The van der Waals surface area contributed by atoms with Gasteiger partial charge in [0.05, 0.1) is 17.1 Å². The van der Waals surface area contributed by atoms with E-state index in [0.717, 1.165) is 50.2 Å². The first kappa shape index (κ1) is 28.0. The lowest BCUT2D eigenvalue weighted by Crippen LogP contribution is -2.33. The summed E-state index contributed by atoms with van der Waals surface area (Å²) in [7, 11) is 0. The van der Waals surface area contributed by atoms with E-state index >= 15 is 0 Å². The van der Waals surface area contributed by atoms with Crippen molar-refractivity contribution < 1.29 is 4.79 Å². The Balaban J connectivity index is 0.00000129. The fourth-order valence-corrected chi connectivity index (χ4v) is 4.35. The number of carbonyl (C=O) groups is 1. The van der Waals surface area contributed by atoms with E-state index in [0.29, 0.717) is 23.0 Å². The van der Waals surface area contributed by atoms with Crippen LogP contribution < -0.4 is 11.1 Å². The molecule has 180 valence electrons. The molecule has 2 heterocycles. The van der Waals surface area contributed by atoms with Crippen molar-refractivity contribution in [1.29, 1.82) is 0 Å². The van der Waals surface area contributed by atoms with Crippen LogP contribution in [-0.4, -0.2) is 28.9 Å². The normalized spacial score (nSPS) is 17.1. The molecule has 33 heavy (non-hydrogen) atoms. The van der Waals surface area contributed by atoms with E-state index in [-0.39, 0.29) is 5.91 Å². The molecule has 5 heteroatoms. The van der Waals surface area contributed by atoms with E-state index in [9.17, 15) is 4.79 Å². The van der Waals surface area contributed by atoms with Gasteiger partial charge < -0.3 is 16.0 Å². The number of rotatable bonds is 6. The van der Waals surface area contributed by atoms with Gasteiger partial charge in [0.25, 0.3) is 5.91 Å². The molecule has 0 aromatic carbocycles. The Bertz CT molecular complexity index is 826. The molecule has 2 aliphatic rings. The van der Waals surface area contributed by atoms with E-state index < -0.39 is 0 Å². The molecule has 2 fully saturated rings. The van der Waals surface area contributed by atoms with Crippen LogP contribution in [0, 0.1) is 12.8 Å². The molecule has 1 amide bonds. The van der Waals surface area contributed by atoms with Crippen molar-refractivity contribution in [3.8, 4) is 12.8 Å². The molecule has 0 radical (unpaired) electrons. The van der Waals surface area contributed by atoms with Gasteiger partial charge in [0.15, 0.2) is 5.69 Å². The lowest BCUT2D eigenvalue weighted by atomic mass is 9.86. The fraction of sp³-hybridized carbons (Fsp3) is 0.500. The van der Waals surface area contributed by atoms with Crippen molar-refractivity contribution >= 4 is 11.6 Å². The Morgan fingerprint density at radius 2 is 1.73 bits per heavy atom. The molecule has 1 aliphatic heterocycles. The third-order valence-corrected chi connectivity index (χ3v) is 5.94. The Hall–Kier alpha value is -3.00. The third kappa shape index (κ3) is 8.13. The maximum absolute atomic E-state index is 13.1. The van der Waals surface area contributed by atoms with Crippen LogP contribution in [0.4, 0.5) is 5.69 Å². The van der Waals surface area contributed by atoms with E-state index in [1.54, 1.807) is 6.08 Å². The van der Waals surface area contributed by atoms with Crippen molar-refractivity contribution in [3.05, 3.63) is 59.7 Å². The zero-order chi connectivity index (χ0) is 24.6. The fourth-order valence-electron chi connectivity index (χ4n) is 4.35. The monoisotopic (exact) mass is 450 g/mol. The number of anilines is 1. The first-order valence-corrected chi connectivity index (χ1v) is 12.3. The Morgan fingerprint density at radius 1 is 1.12 bits per heavy atom. The molecule has 0 bridgehead atoms. The largest absolute Gasteiger partial charge is 0.397 e. The van der Waals surface area contributed by atoms with Crippen molar-refractivity contribution in [1.82, 2.24) is 15.2 Å². The van der Waals surface area contributed by atoms with E-state index in [2.05, 4.69) is 34.6 Å². The number of amides is 1. The highest BCUT2D eigenvalue weighted by molar-refractivity contribution is 5.98. The molecule has 1 saturated heterocycles. The zero-order valence-corrected chi connectivity index (χ0v) is 20.8. The van der Waals surface area contributed by atoms with Gasteiger partial charge >= 0.3 is 0 Å². The summed E-state index contributed by atoms with van der Waals surface area (Å²) in [6.07, 6.45) is 23.3. The number of nitrogen functional groups attached to an aromatic ring is 1. The van der Waals surface area contributed by atoms with Gasteiger partial charge in [-0.2, -0.15) is 0 Å². The summed E-state index contributed by atoms with van der Waals surface area (Å²) < 4.78 is 0. The van der Waals surface area contributed by atoms with E-state index in [1.165, 1.54) is 25.7 Å². The summed E-state index contributed by atoms with van der Waals surface area (Å²) in [6.45, 7) is 11.9. The number of allylic oxidation sites excluding steroid dienone is 3. The molecule has 3 N–H and O–H groups in total. The second-order valence-electron chi connectivity index (χ2n) is 8.01. The van der Waals surface area contributed by atoms with Gasteiger partial charge in [-0.3, -0.25) is 4.79 Å². The lowest BCUT2D eigenvalue weighted by molar-refractivity contribution is 0.0961. The average Bonchev–Trinajstić information content (AvgIpc) is 2.89. The molecule has 0 spiro atoms. The predicted molar refractivity (Wildman–Crippen MR) is 141 cm³/mol. The number of terminal acetylenes is 1. The van der Waals surface area contributed by atoms with Crippen molar-refractivity contribution in [2.24, 2.45) is 0 Å². The Kier molecular flexibility index (Phi) is 13.4. The molecule has 0 unspecified atom stereocenters. The van der Waals surface area contributed by atoms with Crippen LogP contribution in [0.5, 0.6) is 0 Å². The molecule has 1 aliphatic carbocycles. The van der Waals surface area contributed by atoms with Crippen molar-refractivity contribution in [3.63, 3.8) is 0 Å².